The van der Waals surface area contributed by atoms with Crippen molar-refractivity contribution in [1.29, 1.82) is 0 Å². The average Bonchev–Trinajstić information content (AvgIpc) is 3.25. The molecule has 0 bridgehead atoms. The van der Waals surface area contributed by atoms with E-state index in [4.69, 9.17) is 0 Å². The second kappa shape index (κ2) is 9.85. The van der Waals surface area contributed by atoms with Crippen molar-refractivity contribution in [1.82, 2.24) is 10.2 Å². The Morgan fingerprint density at radius 2 is 1.89 bits per heavy atom. The van der Waals surface area contributed by atoms with Crippen LogP contribution in [0.25, 0.3) is 0 Å². The highest BCUT2D eigenvalue weighted by Gasteiger charge is 2.21. The molecular weight excluding hydrogens is 370 g/mol. The Morgan fingerprint density at radius 3 is 2.61 bits per heavy atom. The minimum absolute atomic E-state index is 0.210. The first kappa shape index (κ1) is 20.6. The van der Waals surface area contributed by atoms with E-state index in [1.165, 1.54) is 43.4 Å². The fraction of sp³-hybridized carbons (Fsp3) is 0.455. The fourth-order valence-electron chi connectivity index (χ4n) is 3.68. The van der Waals surface area contributed by atoms with Crippen molar-refractivity contribution < 1.29 is 9.59 Å². The van der Waals surface area contributed by atoms with Gasteiger partial charge in [0.1, 0.15) is 6.04 Å². The normalized spacial score (nSPS) is 16.0. The van der Waals surface area contributed by atoms with Crippen molar-refractivity contribution in [3.63, 3.8) is 0 Å². The van der Waals surface area contributed by atoms with Crippen LogP contribution in [-0.2, 0) is 11.3 Å². The number of thiophene rings is 1. The Morgan fingerprint density at radius 1 is 1.14 bits per heavy atom. The number of carbonyl (C=O) groups is 2. The van der Waals surface area contributed by atoms with Crippen LogP contribution in [0.4, 0.5) is 5.69 Å². The molecule has 150 valence electrons. The number of nitrogens with one attached hydrogen (secondary N) is 2. The molecule has 1 heterocycles. The van der Waals surface area contributed by atoms with Crippen LogP contribution in [0.3, 0.4) is 0 Å². The molecule has 0 radical (unpaired) electrons. The molecular formula is C22H29N3O2S. The molecule has 3 rings (SSSR count). The van der Waals surface area contributed by atoms with Crippen LogP contribution in [-0.4, -0.2) is 35.8 Å². The highest BCUT2D eigenvalue weighted by molar-refractivity contribution is 7.12. The topological polar surface area (TPSA) is 61.4 Å². The largest absolute Gasteiger partial charge is 0.340 e. The first-order chi connectivity index (χ1) is 13.5. The van der Waals surface area contributed by atoms with Crippen molar-refractivity contribution in [2.75, 3.05) is 12.4 Å². The lowest BCUT2D eigenvalue weighted by Crippen LogP contribution is -2.41. The van der Waals surface area contributed by atoms with Crippen molar-refractivity contribution in [2.45, 2.75) is 57.7 Å². The molecule has 1 saturated carbocycles. The molecule has 2 amide bonds. The van der Waals surface area contributed by atoms with Crippen LogP contribution in [0.2, 0.25) is 0 Å². The SMILES string of the molecule is CC(NC(=O)c1cccs1)C(=O)Nc1ccccc1CN(C)C1CCCCC1. The van der Waals surface area contributed by atoms with Crippen LogP contribution in [0.1, 0.15) is 54.3 Å². The minimum atomic E-state index is -0.612. The summed E-state index contributed by atoms with van der Waals surface area (Å²) in [5.74, 6) is -0.430. The number of benzene rings is 1. The monoisotopic (exact) mass is 399 g/mol. The highest BCUT2D eigenvalue weighted by Crippen LogP contribution is 2.25. The van der Waals surface area contributed by atoms with Gasteiger partial charge in [-0.3, -0.25) is 14.5 Å². The second-order valence-electron chi connectivity index (χ2n) is 7.53. The van der Waals surface area contributed by atoms with Gasteiger partial charge in [0.15, 0.2) is 0 Å². The maximum Gasteiger partial charge on any atom is 0.261 e. The molecule has 0 aliphatic heterocycles. The molecule has 1 fully saturated rings. The number of hydrogen-bond acceptors (Lipinski definition) is 4. The Labute approximate surface area is 171 Å². The fourth-order valence-corrected chi connectivity index (χ4v) is 4.31. The summed E-state index contributed by atoms with van der Waals surface area (Å²) in [6.45, 7) is 2.51. The van der Waals surface area contributed by atoms with Crippen molar-refractivity contribution in [2.24, 2.45) is 0 Å². The van der Waals surface area contributed by atoms with Crippen molar-refractivity contribution >= 4 is 28.8 Å². The van der Waals surface area contributed by atoms with Gasteiger partial charge in [-0.25, -0.2) is 0 Å². The van der Waals surface area contributed by atoms with Crippen molar-refractivity contribution in [3.8, 4) is 0 Å². The quantitative estimate of drug-likeness (QED) is 0.731. The lowest BCUT2D eigenvalue weighted by Gasteiger charge is -2.31. The Hall–Kier alpha value is -2.18. The first-order valence-electron chi connectivity index (χ1n) is 9.98. The molecule has 1 aromatic carbocycles. The third-order valence-corrected chi connectivity index (χ3v) is 6.25. The molecule has 28 heavy (non-hydrogen) atoms. The molecule has 1 aromatic heterocycles. The summed E-state index contributed by atoms with van der Waals surface area (Å²) in [6, 6.07) is 11.5. The van der Waals surface area contributed by atoms with E-state index in [1.54, 1.807) is 13.0 Å². The van der Waals surface area contributed by atoms with Gasteiger partial charge in [0, 0.05) is 18.3 Å². The third kappa shape index (κ3) is 5.42. The summed E-state index contributed by atoms with van der Waals surface area (Å²) in [4.78, 5) is 27.8. The van der Waals surface area contributed by atoms with Gasteiger partial charge in [-0.2, -0.15) is 0 Å². The summed E-state index contributed by atoms with van der Waals surface area (Å²) in [6.07, 6.45) is 6.43. The summed E-state index contributed by atoms with van der Waals surface area (Å²) in [5.41, 5.74) is 1.91. The van der Waals surface area contributed by atoms with Crippen LogP contribution in [0.15, 0.2) is 41.8 Å². The number of nitrogens with zero attached hydrogens (tertiary/aromatic N) is 1. The van der Waals surface area contributed by atoms with Crippen molar-refractivity contribution in [3.05, 3.63) is 52.2 Å². The molecule has 5 nitrogen and oxygen atoms in total. The third-order valence-electron chi connectivity index (χ3n) is 5.38. The summed E-state index contributed by atoms with van der Waals surface area (Å²) in [7, 11) is 2.17. The number of amides is 2. The number of carbonyl (C=O) groups excluding carboxylic acids is 2. The molecule has 2 aromatic rings. The van der Waals surface area contributed by atoms with Gasteiger partial charge in [-0.1, -0.05) is 43.5 Å². The van der Waals surface area contributed by atoms with Gasteiger partial charge in [-0.05, 0) is 49.9 Å². The molecule has 6 heteroatoms. The lowest BCUT2D eigenvalue weighted by atomic mass is 9.94. The Bertz CT molecular complexity index is 785. The molecule has 1 aliphatic carbocycles. The maximum atomic E-state index is 12.6. The predicted molar refractivity (Wildman–Crippen MR) is 115 cm³/mol. The van der Waals surface area contributed by atoms with E-state index in [0.717, 1.165) is 17.8 Å². The summed E-state index contributed by atoms with van der Waals surface area (Å²) >= 11 is 1.36. The van der Waals surface area contributed by atoms with Gasteiger partial charge in [0.2, 0.25) is 5.91 Å². The molecule has 2 N–H and O–H groups in total. The predicted octanol–water partition coefficient (Wildman–Crippen LogP) is 4.27. The number of para-hydroxylation sites is 1. The highest BCUT2D eigenvalue weighted by atomic mass is 32.1. The molecule has 1 aliphatic rings. The number of hydrogen-bond donors (Lipinski definition) is 2. The summed E-state index contributed by atoms with van der Waals surface area (Å²) in [5, 5.41) is 7.60. The van der Waals surface area contributed by atoms with E-state index in [2.05, 4.69) is 28.6 Å². The Balaban J connectivity index is 1.60. The van der Waals surface area contributed by atoms with Crippen LogP contribution in [0.5, 0.6) is 0 Å². The zero-order valence-corrected chi connectivity index (χ0v) is 17.4. The van der Waals surface area contributed by atoms with Crippen LogP contribution < -0.4 is 10.6 Å². The molecule has 1 unspecified atom stereocenters. The van der Waals surface area contributed by atoms with Gasteiger partial charge >= 0.3 is 0 Å². The molecule has 1 atom stereocenters. The number of anilines is 1. The second-order valence-corrected chi connectivity index (χ2v) is 8.47. The zero-order chi connectivity index (χ0) is 19.9. The van der Waals surface area contributed by atoms with Crippen LogP contribution >= 0.6 is 11.3 Å². The van der Waals surface area contributed by atoms with E-state index in [-0.39, 0.29) is 11.8 Å². The first-order valence-corrected chi connectivity index (χ1v) is 10.9. The Kier molecular flexibility index (Phi) is 7.23. The average molecular weight is 400 g/mol. The zero-order valence-electron chi connectivity index (χ0n) is 16.6. The molecule has 0 spiro atoms. The van der Waals surface area contributed by atoms with E-state index in [0.29, 0.717) is 10.9 Å². The van der Waals surface area contributed by atoms with Gasteiger partial charge in [0.05, 0.1) is 4.88 Å². The standard InChI is InChI=1S/C22H29N3O2S/c1-16(23-22(27)20-13-8-14-28-20)21(26)24-19-12-7-6-9-17(19)15-25(2)18-10-4-3-5-11-18/h6-9,12-14,16,18H,3-5,10-11,15H2,1-2H3,(H,23,27)(H,24,26). The number of rotatable bonds is 7. The molecule has 0 saturated heterocycles. The van der Waals surface area contributed by atoms with E-state index in [1.807, 2.05) is 29.6 Å². The van der Waals surface area contributed by atoms with E-state index < -0.39 is 6.04 Å². The lowest BCUT2D eigenvalue weighted by molar-refractivity contribution is -0.117. The minimum Gasteiger partial charge on any atom is -0.340 e. The summed E-state index contributed by atoms with van der Waals surface area (Å²) < 4.78 is 0. The van der Waals surface area contributed by atoms with Crippen LogP contribution in [0, 0.1) is 0 Å². The van der Waals surface area contributed by atoms with Gasteiger partial charge in [-0.15, -0.1) is 11.3 Å². The maximum absolute atomic E-state index is 12.6. The smallest absolute Gasteiger partial charge is 0.261 e. The van der Waals surface area contributed by atoms with Gasteiger partial charge < -0.3 is 10.6 Å². The van der Waals surface area contributed by atoms with E-state index in [9.17, 15) is 9.59 Å². The van der Waals surface area contributed by atoms with E-state index >= 15 is 0 Å². The van der Waals surface area contributed by atoms with Gasteiger partial charge in [0.25, 0.3) is 5.91 Å².